The molecule has 0 amide bonds. The lowest BCUT2D eigenvalue weighted by Gasteiger charge is -2.16. The smallest absolute Gasteiger partial charge is 0.205 e. The maximum atomic E-state index is 12.0. The predicted molar refractivity (Wildman–Crippen MR) is 85.5 cm³/mol. The molecule has 0 spiro atoms. The van der Waals surface area contributed by atoms with Gasteiger partial charge in [0, 0.05) is 16.6 Å². The Bertz CT molecular complexity index is 653. The number of allylic oxidation sites excluding steroid dienone is 1. The van der Waals surface area contributed by atoms with Crippen LogP contribution >= 0.6 is 11.6 Å². The van der Waals surface area contributed by atoms with Gasteiger partial charge in [-0.3, -0.25) is 9.78 Å². The van der Waals surface area contributed by atoms with Gasteiger partial charge < -0.3 is 0 Å². The van der Waals surface area contributed by atoms with Gasteiger partial charge in [-0.25, -0.2) is 4.98 Å². The molecule has 3 nitrogen and oxygen atoms in total. The number of rotatable bonds is 3. The van der Waals surface area contributed by atoms with Crippen molar-refractivity contribution in [3.05, 3.63) is 64.7 Å². The lowest BCUT2D eigenvalue weighted by molar-refractivity contribution is 0.104. The van der Waals surface area contributed by atoms with Gasteiger partial charge in [-0.2, -0.15) is 0 Å². The molecule has 0 fully saturated rings. The maximum absolute atomic E-state index is 12.0. The summed E-state index contributed by atoms with van der Waals surface area (Å²) in [4.78, 5) is 20.5. The van der Waals surface area contributed by atoms with Crippen molar-refractivity contribution in [2.24, 2.45) is 0 Å². The minimum atomic E-state index is -0.169. The summed E-state index contributed by atoms with van der Waals surface area (Å²) < 4.78 is 0. The highest BCUT2D eigenvalue weighted by atomic mass is 35.5. The lowest BCUT2D eigenvalue weighted by atomic mass is 9.93. The fourth-order valence-corrected chi connectivity index (χ4v) is 1.80. The van der Waals surface area contributed by atoms with E-state index in [4.69, 9.17) is 11.6 Å². The van der Waals surface area contributed by atoms with E-state index in [-0.39, 0.29) is 11.2 Å². The molecule has 0 saturated heterocycles. The fourth-order valence-electron chi connectivity index (χ4n) is 1.67. The Morgan fingerprint density at radius 2 is 1.76 bits per heavy atom. The monoisotopic (exact) mass is 300 g/mol. The van der Waals surface area contributed by atoms with Crippen LogP contribution in [0.3, 0.4) is 0 Å². The summed E-state index contributed by atoms with van der Waals surface area (Å²) in [6, 6.07) is 7.26. The summed E-state index contributed by atoms with van der Waals surface area (Å²) in [5.74, 6) is -0.169. The summed E-state index contributed by atoms with van der Waals surface area (Å²) in [7, 11) is 0. The van der Waals surface area contributed by atoms with Gasteiger partial charge in [0.2, 0.25) is 5.78 Å². The number of aromatic nitrogens is 2. The van der Waals surface area contributed by atoms with Gasteiger partial charge >= 0.3 is 0 Å². The zero-order valence-electron chi connectivity index (χ0n) is 12.3. The highest BCUT2D eigenvalue weighted by Crippen LogP contribution is 2.18. The first-order chi connectivity index (χ1) is 9.86. The first kappa shape index (κ1) is 15.4. The van der Waals surface area contributed by atoms with Crippen molar-refractivity contribution in [2.45, 2.75) is 26.2 Å². The van der Waals surface area contributed by atoms with Crippen LogP contribution in [0.2, 0.25) is 5.02 Å². The van der Waals surface area contributed by atoms with Crippen molar-refractivity contribution in [3.8, 4) is 0 Å². The molecule has 0 aliphatic rings. The van der Waals surface area contributed by atoms with Crippen LogP contribution in [0.25, 0.3) is 6.08 Å². The summed E-state index contributed by atoms with van der Waals surface area (Å²) >= 11 is 5.81. The fraction of sp³-hybridized carbons (Fsp3) is 0.235. The molecule has 21 heavy (non-hydrogen) atoms. The van der Waals surface area contributed by atoms with Crippen molar-refractivity contribution in [1.29, 1.82) is 0 Å². The zero-order valence-corrected chi connectivity index (χ0v) is 13.1. The second-order valence-electron chi connectivity index (χ2n) is 5.79. The standard InChI is InChI=1S/C17H17ClN2O/c1-17(2,3)16-11-19-14(10-20-16)15(21)9-6-12-4-7-13(18)8-5-12/h4-11H,1-3H3/b9-6+. The molecule has 0 radical (unpaired) electrons. The number of ketones is 1. The first-order valence-corrected chi connectivity index (χ1v) is 7.04. The molecule has 0 atom stereocenters. The van der Waals surface area contributed by atoms with Gasteiger partial charge in [0.1, 0.15) is 5.69 Å². The second kappa shape index (κ2) is 6.19. The quantitative estimate of drug-likeness (QED) is 0.626. The molecule has 2 rings (SSSR count). The number of hydrogen-bond acceptors (Lipinski definition) is 3. The number of halogens is 1. The molecule has 1 aromatic carbocycles. The lowest BCUT2D eigenvalue weighted by Crippen LogP contribution is -2.14. The Labute approximate surface area is 129 Å². The molecule has 0 unspecified atom stereocenters. The van der Waals surface area contributed by atoms with Gasteiger partial charge in [0.15, 0.2) is 0 Å². The summed E-state index contributed by atoms with van der Waals surface area (Å²) in [6.07, 6.45) is 6.40. The van der Waals surface area contributed by atoms with E-state index in [1.54, 1.807) is 24.4 Å². The molecular weight excluding hydrogens is 284 g/mol. The molecule has 2 aromatic rings. The van der Waals surface area contributed by atoms with Crippen molar-refractivity contribution >= 4 is 23.5 Å². The molecule has 0 saturated carbocycles. The predicted octanol–water partition coefficient (Wildman–Crippen LogP) is 4.32. The van der Waals surface area contributed by atoms with Crippen LogP contribution in [-0.2, 0) is 5.41 Å². The minimum absolute atomic E-state index is 0.0757. The minimum Gasteiger partial charge on any atom is -0.287 e. The molecular formula is C17H17ClN2O. The van der Waals surface area contributed by atoms with E-state index in [9.17, 15) is 4.79 Å². The average Bonchev–Trinajstić information content (AvgIpc) is 2.45. The Morgan fingerprint density at radius 3 is 2.29 bits per heavy atom. The third-order valence-electron chi connectivity index (χ3n) is 2.97. The maximum Gasteiger partial charge on any atom is 0.205 e. The van der Waals surface area contributed by atoms with Crippen molar-refractivity contribution in [1.82, 2.24) is 9.97 Å². The Balaban J connectivity index is 2.11. The summed E-state index contributed by atoms with van der Waals surface area (Å²) in [6.45, 7) is 6.16. The normalized spacial score (nSPS) is 11.8. The van der Waals surface area contributed by atoms with Gasteiger partial charge in [-0.15, -0.1) is 0 Å². The third kappa shape index (κ3) is 4.23. The van der Waals surface area contributed by atoms with Crippen LogP contribution in [0.15, 0.2) is 42.7 Å². The largest absolute Gasteiger partial charge is 0.287 e. The van der Waals surface area contributed by atoms with Crippen molar-refractivity contribution in [2.75, 3.05) is 0 Å². The first-order valence-electron chi connectivity index (χ1n) is 6.67. The van der Waals surface area contributed by atoms with E-state index in [2.05, 4.69) is 30.7 Å². The molecule has 0 bridgehead atoms. The second-order valence-corrected chi connectivity index (χ2v) is 6.22. The number of benzene rings is 1. The van der Waals surface area contributed by atoms with E-state index in [1.165, 1.54) is 12.3 Å². The topological polar surface area (TPSA) is 42.9 Å². The molecule has 1 heterocycles. The van der Waals surface area contributed by atoms with Gasteiger partial charge in [-0.1, -0.05) is 50.6 Å². The average molecular weight is 301 g/mol. The zero-order chi connectivity index (χ0) is 15.5. The molecule has 4 heteroatoms. The Kier molecular flexibility index (Phi) is 4.53. The van der Waals surface area contributed by atoms with E-state index in [0.717, 1.165) is 11.3 Å². The van der Waals surface area contributed by atoms with E-state index in [1.807, 2.05) is 12.1 Å². The van der Waals surface area contributed by atoms with Gasteiger partial charge in [0.25, 0.3) is 0 Å². The molecule has 0 aliphatic heterocycles. The van der Waals surface area contributed by atoms with Crippen LogP contribution in [-0.4, -0.2) is 15.8 Å². The van der Waals surface area contributed by atoms with Gasteiger partial charge in [0.05, 0.1) is 11.9 Å². The number of hydrogen-bond donors (Lipinski definition) is 0. The Morgan fingerprint density at radius 1 is 1.10 bits per heavy atom. The molecule has 108 valence electrons. The molecule has 1 aromatic heterocycles. The van der Waals surface area contributed by atoms with Crippen LogP contribution < -0.4 is 0 Å². The molecule has 0 aliphatic carbocycles. The van der Waals surface area contributed by atoms with E-state index >= 15 is 0 Å². The van der Waals surface area contributed by atoms with Crippen LogP contribution in [0, 0.1) is 0 Å². The van der Waals surface area contributed by atoms with Crippen molar-refractivity contribution < 1.29 is 4.79 Å². The van der Waals surface area contributed by atoms with Crippen molar-refractivity contribution in [3.63, 3.8) is 0 Å². The van der Waals surface area contributed by atoms with Crippen LogP contribution in [0.1, 0.15) is 42.5 Å². The van der Waals surface area contributed by atoms with E-state index < -0.39 is 0 Å². The highest BCUT2D eigenvalue weighted by molar-refractivity contribution is 6.30. The number of carbonyl (C=O) groups is 1. The highest BCUT2D eigenvalue weighted by Gasteiger charge is 2.16. The molecule has 0 N–H and O–H groups in total. The SMILES string of the molecule is CC(C)(C)c1cnc(C(=O)/C=C/c2ccc(Cl)cc2)cn1. The van der Waals surface area contributed by atoms with Gasteiger partial charge in [-0.05, 0) is 23.8 Å². The van der Waals surface area contributed by atoms with Crippen LogP contribution in [0.4, 0.5) is 0 Å². The summed E-state index contributed by atoms with van der Waals surface area (Å²) in [5.41, 5.74) is 2.04. The third-order valence-corrected chi connectivity index (χ3v) is 3.22. The summed E-state index contributed by atoms with van der Waals surface area (Å²) in [5, 5.41) is 0.669. The van der Waals surface area contributed by atoms with Crippen LogP contribution in [0.5, 0.6) is 0 Å². The number of carbonyl (C=O) groups excluding carboxylic acids is 1. The van der Waals surface area contributed by atoms with E-state index in [0.29, 0.717) is 10.7 Å². The Hall–Kier alpha value is -2.00. The number of nitrogens with zero attached hydrogens (tertiary/aromatic N) is 2.